The topological polar surface area (TPSA) is 193 Å². The summed E-state index contributed by atoms with van der Waals surface area (Å²) in [5, 5.41) is 30.3. The first-order valence-electron chi connectivity index (χ1n) is 19.0. The minimum absolute atomic E-state index is 0.0596. The van der Waals surface area contributed by atoms with Crippen LogP contribution in [0.15, 0.2) is 137 Å². The van der Waals surface area contributed by atoms with Crippen molar-refractivity contribution in [2.75, 3.05) is 24.5 Å². The fourth-order valence-corrected chi connectivity index (χ4v) is 8.91. The molecule has 0 radical (unpaired) electrons. The number of rotatable bonds is 14. The Kier molecular flexibility index (Phi) is 12.5. The highest BCUT2D eigenvalue weighted by molar-refractivity contribution is 8.00. The Bertz CT molecular complexity index is 2440. The van der Waals surface area contributed by atoms with Gasteiger partial charge in [-0.2, -0.15) is 5.26 Å². The van der Waals surface area contributed by atoms with Gasteiger partial charge in [0, 0.05) is 16.7 Å². The van der Waals surface area contributed by atoms with Crippen molar-refractivity contribution in [1.82, 2.24) is 15.2 Å². The highest BCUT2D eigenvalue weighted by Crippen LogP contribution is 2.42. The van der Waals surface area contributed by atoms with Crippen molar-refractivity contribution in [2.24, 2.45) is 10.6 Å². The first kappa shape index (κ1) is 42.2. The molecular formula is C45H40N6O8S2. The molecule has 7 rings (SSSR count). The van der Waals surface area contributed by atoms with Gasteiger partial charge in [-0.1, -0.05) is 102 Å². The van der Waals surface area contributed by atoms with E-state index in [0.717, 1.165) is 16.7 Å². The normalized spacial score (nSPS) is 16.4. The summed E-state index contributed by atoms with van der Waals surface area (Å²) >= 11 is 2.48. The molecule has 3 heterocycles. The summed E-state index contributed by atoms with van der Waals surface area (Å²) in [4.78, 5) is 59.5. The van der Waals surface area contributed by atoms with Gasteiger partial charge in [-0.3, -0.25) is 19.3 Å². The van der Waals surface area contributed by atoms with Crippen LogP contribution in [0, 0.1) is 16.7 Å². The number of benzene rings is 4. The lowest BCUT2D eigenvalue weighted by molar-refractivity contribution is -0.173. The predicted molar refractivity (Wildman–Crippen MR) is 228 cm³/mol. The van der Waals surface area contributed by atoms with E-state index < -0.39 is 58.6 Å². The molecule has 0 spiro atoms. The number of nitriles is 1. The molecule has 2 amide bonds. The zero-order valence-electron chi connectivity index (χ0n) is 33.2. The third-order valence-electron chi connectivity index (χ3n) is 9.87. The molecular weight excluding hydrogens is 817 g/mol. The van der Waals surface area contributed by atoms with Crippen molar-refractivity contribution in [2.45, 2.75) is 37.7 Å². The van der Waals surface area contributed by atoms with E-state index in [4.69, 9.17) is 19.2 Å². The van der Waals surface area contributed by atoms with Crippen LogP contribution in [0.2, 0.25) is 0 Å². The van der Waals surface area contributed by atoms with E-state index in [-0.39, 0.29) is 23.8 Å². The summed E-state index contributed by atoms with van der Waals surface area (Å²) in [6.45, 7) is 4.12. The molecule has 1 fully saturated rings. The molecule has 2 atom stereocenters. The minimum Gasteiger partial charge on any atom is -0.489 e. The van der Waals surface area contributed by atoms with Crippen LogP contribution in [-0.2, 0) is 34.2 Å². The number of carbonyl (C=O) groups is 4. The van der Waals surface area contributed by atoms with Gasteiger partial charge in [-0.05, 0) is 55.7 Å². The molecule has 1 aromatic heterocycles. The van der Waals surface area contributed by atoms with Crippen LogP contribution in [0.4, 0.5) is 5.13 Å². The number of aromatic nitrogens is 1. The number of hydrogen-bond donors (Lipinski definition) is 3. The van der Waals surface area contributed by atoms with Crippen molar-refractivity contribution in [1.29, 1.82) is 5.26 Å². The molecule has 1 unspecified atom stereocenters. The summed E-state index contributed by atoms with van der Waals surface area (Å²) < 4.78 is 16.4. The Morgan fingerprint density at radius 2 is 1.54 bits per heavy atom. The highest BCUT2D eigenvalue weighted by Gasteiger charge is 2.55. The van der Waals surface area contributed by atoms with Crippen LogP contribution < -0.4 is 15.4 Å². The van der Waals surface area contributed by atoms with E-state index in [9.17, 15) is 29.6 Å². The predicted octanol–water partition coefficient (Wildman–Crippen LogP) is 6.42. The number of anilines is 1. The van der Waals surface area contributed by atoms with Crippen LogP contribution in [0.1, 0.15) is 48.7 Å². The van der Waals surface area contributed by atoms with Crippen LogP contribution in [0.25, 0.3) is 0 Å². The summed E-state index contributed by atoms with van der Waals surface area (Å²) in [5.41, 5.74) is 1.32. The van der Waals surface area contributed by atoms with Crippen molar-refractivity contribution >= 4 is 57.7 Å². The van der Waals surface area contributed by atoms with Crippen LogP contribution in [0.5, 0.6) is 5.75 Å². The van der Waals surface area contributed by atoms with Gasteiger partial charge in [-0.15, -0.1) is 23.1 Å². The summed E-state index contributed by atoms with van der Waals surface area (Å²) in [5.74, 6) is -2.47. The number of hydrogen-bond acceptors (Lipinski definition) is 14. The number of amides is 2. The van der Waals surface area contributed by atoms with Crippen molar-refractivity contribution in [3.8, 4) is 11.8 Å². The third-order valence-corrected chi connectivity index (χ3v) is 12.0. The first-order valence-corrected chi connectivity index (χ1v) is 20.9. The van der Waals surface area contributed by atoms with Gasteiger partial charge < -0.3 is 30.1 Å². The maximum atomic E-state index is 13.8. The average molecular weight is 857 g/mol. The lowest BCUT2D eigenvalue weighted by atomic mass is 9.77. The van der Waals surface area contributed by atoms with Crippen LogP contribution in [0.3, 0.4) is 0 Å². The molecule has 14 nitrogen and oxygen atoms in total. The second-order valence-corrected chi connectivity index (χ2v) is 16.9. The number of nitrogens with one attached hydrogen (secondary N) is 2. The molecule has 61 heavy (non-hydrogen) atoms. The quantitative estimate of drug-likeness (QED) is 0.0212. The van der Waals surface area contributed by atoms with Crippen molar-refractivity contribution in [3.63, 3.8) is 0 Å². The molecule has 2 aliphatic heterocycles. The van der Waals surface area contributed by atoms with E-state index in [0.29, 0.717) is 22.0 Å². The number of thiazole rings is 1. The number of thioether (sulfide) groups is 1. The number of esters is 2. The van der Waals surface area contributed by atoms with Gasteiger partial charge in [0.1, 0.15) is 40.7 Å². The fourth-order valence-electron chi connectivity index (χ4n) is 6.83. The summed E-state index contributed by atoms with van der Waals surface area (Å²) in [7, 11) is 0. The highest BCUT2D eigenvalue weighted by atomic mass is 32.2. The van der Waals surface area contributed by atoms with E-state index in [1.54, 1.807) is 44.4 Å². The molecule has 0 saturated carbocycles. The van der Waals surface area contributed by atoms with Crippen molar-refractivity contribution in [3.05, 3.63) is 160 Å². The van der Waals surface area contributed by atoms with Gasteiger partial charge in [0.2, 0.25) is 6.79 Å². The fraction of sp³-hybridized carbons (Fsp3) is 0.222. The lowest BCUT2D eigenvalue weighted by Crippen LogP contribution is -2.71. The second-order valence-electron chi connectivity index (χ2n) is 14.9. The number of nitrogens with zero attached hydrogens (tertiary/aromatic N) is 4. The van der Waals surface area contributed by atoms with Gasteiger partial charge in [0.05, 0.1) is 17.0 Å². The van der Waals surface area contributed by atoms with Gasteiger partial charge in [0.15, 0.2) is 10.8 Å². The van der Waals surface area contributed by atoms with Crippen molar-refractivity contribution < 1.29 is 38.6 Å². The molecule has 16 heteroatoms. The third kappa shape index (κ3) is 8.84. The molecule has 0 bridgehead atoms. The monoisotopic (exact) mass is 856 g/mol. The number of fused-ring (bicyclic) bond motifs is 1. The van der Waals surface area contributed by atoms with Gasteiger partial charge in [0.25, 0.3) is 11.8 Å². The maximum absolute atomic E-state index is 13.8. The maximum Gasteiger partial charge on any atom is 0.358 e. The smallest absolute Gasteiger partial charge is 0.358 e. The van der Waals surface area contributed by atoms with Crippen LogP contribution in [-0.4, -0.2) is 75.1 Å². The van der Waals surface area contributed by atoms with Gasteiger partial charge in [-0.25, -0.2) is 9.78 Å². The standard InChI is InChI=1S/C45H40N6O8S2/c1-44(2,3)42(55)59-27-58-41(54)37-29(24-57-33-21-13-14-28(22-33)23-46)25-60-40-36(39(53)51(37)40)48-38(52)35(50-56)34-26-61-43(47-34)49-45(30-15-7-4-8-16-30,31-17-9-5-10-18-31)32-19-11-6-12-20-32/h4-22,26,36,40,56H,24-25,27H2,1-3H3,(H,47,49)(H,48,52)/b50-35-/t36?,40-/m1/s1. The lowest BCUT2D eigenvalue weighted by Gasteiger charge is -2.49. The largest absolute Gasteiger partial charge is 0.489 e. The number of oxime groups is 1. The molecule has 4 aromatic carbocycles. The number of β-lactam (4-membered cyclic amide) rings is 1. The van der Waals surface area contributed by atoms with Gasteiger partial charge >= 0.3 is 11.9 Å². The van der Waals surface area contributed by atoms with E-state index >= 15 is 0 Å². The molecule has 5 aromatic rings. The molecule has 1 saturated heterocycles. The Morgan fingerprint density at radius 3 is 2.11 bits per heavy atom. The van der Waals surface area contributed by atoms with Crippen LogP contribution >= 0.6 is 23.1 Å². The molecule has 2 aliphatic rings. The number of ether oxygens (including phenoxy) is 3. The first-order chi connectivity index (χ1) is 29.4. The van der Waals surface area contributed by atoms with E-state index in [1.807, 2.05) is 97.1 Å². The zero-order valence-corrected chi connectivity index (χ0v) is 34.9. The van der Waals surface area contributed by atoms with E-state index in [1.165, 1.54) is 34.1 Å². The summed E-state index contributed by atoms with van der Waals surface area (Å²) in [6, 6.07) is 37.0. The molecule has 0 aliphatic carbocycles. The van der Waals surface area contributed by atoms with E-state index in [2.05, 4.69) is 15.8 Å². The Morgan fingerprint density at radius 1 is 0.918 bits per heavy atom. The minimum atomic E-state index is -1.12. The molecule has 3 N–H and O–H groups in total. The molecule has 310 valence electrons. The Labute approximate surface area is 359 Å². The zero-order chi connectivity index (χ0) is 43.1. The Balaban J connectivity index is 1.10. The Hall–Kier alpha value is -6.96. The second kappa shape index (κ2) is 18.1. The average Bonchev–Trinajstić information content (AvgIpc) is 3.74. The summed E-state index contributed by atoms with van der Waals surface area (Å²) in [6.07, 6.45) is 0. The number of carbonyl (C=O) groups excluding carboxylic acids is 4. The SMILES string of the molecule is CC(C)(C)C(=O)OCOC(=O)C1=C(COc2cccc(C#N)c2)CS[C@@H]2C(NC(=O)/C(=N\O)c3csc(NC(c4ccccc4)(c4ccccc4)c4ccccc4)n3)C(=O)N12.